The number of rotatable bonds is 3. The molecule has 2 aromatic heterocycles. The molecule has 1 aliphatic heterocycles. The topological polar surface area (TPSA) is 116 Å². The van der Waals surface area contributed by atoms with E-state index in [4.69, 9.17) is 5.11 Å². The summed E-state index contributed by atoms with van der Waals surface area (Å²) in [5.41, 5.74) is 0.711. The Morgan fingerprint density at radius 3 is 2.71 bits per heavy atom. The second-order valence-electron chi connectivity index (χ2n) is 7.64. The van der Waals surface area contributed by atoms with Gasteiger partial charge in [-0.3, -0.25) is 9.20 Å². The third-order valence-corrected chi connectivity index (χ3v) is 5.79. The smallest absolute Gasteiger partial charge is 0.317 e. The number of hydrogen-bond acceptors (Lipinski definition) is 6. The summed E-state index contributed by atoms with van der Waals surface area (Å²) in [4.78, 5) is 32.2. The molecular formula is C18H25N7O3. The lowest BCUT2D eigenvalue weighted by Crippen LogP contribution is -2.57. The molecule has 1 aliphatic carbocycles. The van der Waals surface area contributed by atoms with Gasteiger partial charge in [0.2, 0.25) is 5.65 Å². The summed E-state index contributed by atoms with van der Waals surface area (Å²) in [6.45, 7) is 3.92. The number of carbonyl (C=O) groups is 2. The molecule has 0 bridgehead atoms. The Kier molecular flexibility index (Phi) is 5.01. The number of aromatic nitrogens is 4. The third-order valence-electron chi connectivity index (χ3n) is 5.79. The Labute approximate surface area is 162 Å². The van der Waals surface area contributed by atoms with Gasteiger partial charge in [0, 0.05) is 44.1 Å². The van der Waals surface area contributed by atoms with E-state index in [1.807, 2.05) is 15.5 Å². The summed E-state index contributed by atoms with van der Waals surface area (Å²) in [5, 5.41) is 20.3. The van der Waals surface area contributed by atoms with Crippen LogP contribution >= 0.6 is 0 Å². The van der Waals surface area contributed by atoms with Crippen molar-refractivity contribution in [3.8, 4) is 0 Å². The van der Waals surface area contributed by atoms with Crippen molar-refractivity contribution in [1.82, 2.24) is 29.8 Å². The van der Waals surface area contributed by atoms with Crippen LogP contribution in [-0.4, -0.2) is 73.3 Å². The Morgan fingerprint density at radius 1 is 1.21 bits per heavy atom. The van der Waals surface area contributed by atoms with Gasteiger partial charge in [0.05, 0.1) is 5.92 Å². The fraction of sp³-hybridized carbons (Fsp3) is 0.611. The third kappa shape index (κ3) is 3.58. The number of nitrogens with zero attached hydrogens (tertiary/aromatic N) is 6. The van der Waals surface area contributed by atoms with Crippen LogP contribution in [-0.2, 0) is 4.79 Å². The van der Waals surface area contributed by atoms with Gasteiger partial charge in [-0.05, 0) is 32.6 Å². The molecule has 2 aliphatic rings. The van der Waals surface area contributed by atoms with E-state index in [-0.39, 0.29) is 24.0 Å². The van der Waals surface area contributed by atoms with Crippen LogP contribution in [0.1, 0.15) is 32.6 Å². The number of carbonyl (C=O) groups excluding carboxylic acids is 1. The van der Waals surface area contributed by atoms with Crippen LogP contribution in [0, 0.1) is 5.92 Å². The highest BCUT2D eigenvalue weighted by atomic mass is 16.4. The molecule has 3 heterocycles. The largest absolute Gasteiger partial charge is 0.481 e. The van der Waals surface area contributed by atoms with E-state index in [1.165, 1.54) is 0 Å². The molecule has 2 aromatic rings. The summed E-state index contributed by atoms with van der Waals surface area (Å²) < 4.78 is 1.83. The molecule has 4 rings (SSSR count). The molecule has 0 aromatic carbocycles. The summed E-state index contributed by atoms with van der Waals surface area (Å²) in [5.74, 6) is -0.227. The highest BCUT2D eigenvalue weighted by Crippen LogP contribution is 2.25. The first kappa shape index (κ1) is 18.5. The van der Waals surface area contributed by atoms with Crippen LogP contribution < -0.4 is 10.2 Å². The minimum atomic E-state index is -0.731. The summed E-state index contributed by atoms with van der Waals surface area (Å²) in [6.07, 6.45) is 7.87. The van der Waals surface area contributed by atoms with E-state index >= 15 is 0 Å². The van der Waals surface area contributed by atoms with E-state index in [1.54, 1.807) is 12.5 Å². The molecule has 1 atom stereocenters. The molecule has 28 heavy (non-hydrogen) atoms. The van der Waals surface area contributed by atoms with Crippen molar-refractivity contribution in [3.05, 3.63) is 18.7 Å². The lowest BCUT2D eigenvalue weighted by molar-refractivity contribution is -0.142. The maximum absolute atomic E-state index is 12.7. The van der Waals surface area contributed by atoms with Gasteiger partial charge < -0.3 is 20.2 Å². The zero-order valence-corrected chi connectivity index (χ0v) is 15.9. The molecule has 0 spiro atoms. The number of carboxylic acids is 1. The second-order valence-corrected chi connectivity index (χ2v) is 7.64. The van der Waals surface area contributed by atoms with Crippen molar-refractivity contribution in [1.29, 1.82) is 0 Å². The number of nitrogens with one attached hydrogen (secondary N) is 1. The van der Waals surface area contributed by atoms with Crippen LogP contribution in [0.2, 0.25) is 0 Å². The van der Waals surface area contributed by atoms with E-state index in [9.17, 15) is 9.59 Å². The first-order valence-corrected chi connectivity index (χ1v) is 9.72. The van der Waals surface area contributed by atoms with Crippen LogP contribution in [0.15, 0.2) is 18.7 Å². The molecule has 2 N–H and O–H groups in total. The van der Waals surface area contributed by atoms with Crippen LogP contribution in [0.4, 0.5) is 10.6 Å². The predicted octanol–water partition coefficient (Wildman–Crippen LogP) is 0.988. The molecule has 2 amide bonds. The van der Waals surface area contributed by atoms with Crippen molar-refractivity contribution >= 4 is 23.5 Å². The van der Waals surface area contributed by atoms with Crippen LogP contribution in [0.5, 0.6) is 0 Å². The average Bonchev–Trinajstić information content (AvgIpc) is 3.17. The minimum absolute atomic E-state index is 0.0582. The number of aliphatic carboxylic acids is 1. The van der Waals surface area contributed by atoms with Gasteiger partial charge in [0.25, 0.3) is 0 Å². The van der Waals surface area contributed by atoms with Gasteiger partial charge >= 0.3 is 12.0 Å². The molecule has 2 fully saturated rings. The van der Waals surface area contributed by atoms with Gasteiger partial charge in [0.15, 0.2) is 5.82 Å². The van der Waals surface area contributed by atoms with Gasteiger partial charge in [-0.2, -0.15) is 0 Å². The van der Waals surface area contributed by atoms with Crippen molar-refractivity contribution < 1.29 is 14.7 Å². The number of anilines is 1. The summed E-state index contributed by atoms with van der Waals surface area (Å²) in [7, 11) is 0. The van der Waals surface area contributed by atoms with Crippen molar-refractivity contribution in [3.63, 3.8) is 0 Å². The number of hydrogen-bond donors (Lipinski definition) is 2. The molecule has 1 unspecified atom stereocenters. The van der Waals surface area contributed by atoms with Gasteiger partial charge in [0.1, 0.15) is 6.33 Å². The molecule has 10 nitrogen and oxygen atoms in total. The monoisotopic (exact) mass is 387 g/mol. The van der Waals surface area contributed by atoms with Crippen LogP contribution in [0.3, 0.4) is 0 Å². The maximum Gasteiger partial charge on any atom is 0.317 e. The number of urea groups is 1. The van der Waals surface area contributed by atoms with Crippen molar-refractivity contribution in [2.45, 2.75) is 44.7 Å². The lowest BCUT2D eigenvalue weighted by atomic mass is 9.86. The van der Waals surface area contributed by atoms with Crippen molar-refractivity contribution in [2.24, 2.45) is 5.92 Å². The fourth-order valence-corrected chi connectivity index (χ4v) is 4.16. The normalized spacial score (nSPS) is 25.7. The Balaban J connectivity index is 1.34. The van der Waals surface area contributed by atoms with Crippen LogP contribution in [0.25, 0.3) is 5.65 Å². The number of amides is 2. The van der Waals surface area contributed by atoms with Gasteiger partial charge in [-0.25, -0.2) is 9.78 Å². The molecule has 150 valence electrons. The molecular weight excluding hydrogens is 362 g/mol. The Hall–Kier alpha value is -2.91. The standard InChI is InChI=1S/C18H25N7O3/c1-12-10-23(18(28)21-14-4-2-13(3-5-14)17(26)27)8-9-25(12)15-16-22-20-11-24(16)7-6-19-15/h6-7,11-14H,2-5,8-10H2,1H3,(H,21,28)(H,26,27). The zero-order valence-electron chi connectivity index (χ0n) is 15.9. The highest BCUT2D eigenvalue weighted by molar-refractivity contribution is 5.75. The average molecular weight is 387 g/mol. The Bertz CT molecular complexity index is 862. The van der Waals surface area contributed by atoms with Gasteiger partial charge in [-0.1, -0.05) is 0 Å². The van der Waals surface area contributed by atoms with E-state index in [0.29, 0.717) is 38.1 Å². The maximum atomic E-state index is 12.7. The predicted molar refractivity (Wildman–Crippen MR) is 101 cm³/mol. The quantitative estimate of drug-likeness (QED) is 0.807. The fourth-order valence-electron chi connectivity index (χ4n) is 4.16. The highest BCUT2D eigenvalue weighted by Gasteiger charge is 2.31. The first-order chi connectivity index (χ1) is 13.5. The SMILES string of the molecule is CC1CN(C(=O)NC2CCC(C(=O)O)CC2)CCN1c1nccn2cnnc12. The minimum Gasteiger partial charge on any atom is -0.481 e. The Morgan fingerprint density at radius 2 is 2.00 bits per heavy atom. The van der Waals surface area contributed by atoms with E-state index in [2.05, 4.69) is 32.3 Å². The van der Waals surface area contributed by atoms with E-state index < -0.39 is 5.97 Å². The van der Waals surface area contributed by atoms with E-state index in [0.717, 1.165) is 18.7 Å². The second kappa shape index (κ2) is 7.61. The van der Waals surface area contributed by atoms with Gasteiger partial charge in [-0.15, -0.1) is 10.2 Å². The number of carboxylic acid groups (broad SMARTS) is 1. The summed E-state index contributed by atoms with van der Waals surface area (Å²) >= 11 is 0. The zero-order chi connectivity index (χ0) is 19.7. The molecule has 1 saturated carbocycles. The number of fused-ring (bicyclic) bond motifs is 1. The molecule has 1 saturated heterocycles. The lowest BCUT2D eigenvalue weighted by Gasteiger charge is -2.41. The summed E-state index contributed by atoms with van der Waals surface area (Å²) in [6, 6.07) is 0.0828. The molecule has 0 radical (unpaired) electrons. The number of piperazine rings is 1. The first-order valence-electron chi connectivity index (χ1n) is 9.72. The van der Waals surface area contributed by atoms with Crippen molar-refractivity contribution in [2.75, 3.05) is 24.5 Å². The molecule has 10 heteroatoms.